The normalized spacial score (nSPS) is 18.8. The summed E-state index contributed by atoms with van der Waals surface area (Å²) in [7, 11) is -3.23. The molecule has 0 aliphatic carbocycles. The van der Waals surface area contributed by atoms with Gasteiger partial charge in [0.1, 0.15) is 6.26 Å². The van der Waals surface area contributed by atoms with Gasteiger partial charge in [0.15, 0.2) is 0 Å². The molecule has 16 heavy (non-hydrogen) atoms. The van der Waals surface area contributed by atoms with E-state index in [1.54, 1.807) is 6.07 Å². The second kappa shape index (κ2) is 4.94. The minimum Gasteiger partial charge on any atom is -0.364 e. The van der Waals surface area contributed by atoms with Crippen LogP contribution in [0.4, 0.5) is 0 Å². The largest absolute Gasteiger partial charge is 0.364 e. The molecule has 0 spiro atoms. The highest BCUT2D eigenvalue weighted by atomic mass is 32.2. The van der Waals surface area contributed by atoms with Gasteiger partial charge in [-0.15, -0.1) is 0 Å². The summed E-state index contributed by atoms with van der Waals surface area (Å²) in [5.41, 5.74) is 0.595. The van der Waals surface area contributed by atoms with Crippen LogP contribution in [0.3, 0.4) is 0 Å². The second-order valence-corrected chi connectivity index (χ2v) is 5.85. The maximum atomic E-state index is 11.9. The van der Waals surface area contributed by atoms with Crippen molar-refractivity contribution in [3.8, 4) is 0 Å². The third-order valence-corrected chi connectivity index (χ3v) is 4.57. The Labute approximate surface area is 94.4 Å². The highest BCUT2D eigenvalue weighted by molar-refractivity contribution is 7.90. The Hall–Kier alpha value is -0.920. The average molecular weight is 245 g/mol. The van der Waals surface area contributed by atoms with E-state index in [9.17, 15) is 8.42 Å². The van der Waals surface area contributed by atoms with Gasteiger partial charge in [-0.05, 0) is 25.9 Å². The summed E-state index contributed by atoms with van der Waals surface area (Å²) in [5.74, 6) is 0. The summed E-state index contributed by atoms with van der Waals surface area (Å²) in [6.45, 7) is 1.72. The minimum atomic E-state index is -3.23. The van der Waals surface area contributed by atoms with Crippen molar-refractivity contribution in [2.75, 3.05) is 13.1 Å². The third-order valence-electron chi connectivity index (χ3n) is 2.67. The van der Waals surface area contributed by atoms with Crippen molar-refractivity contribution in [1.82, 2.24) is 15.2 Å². The monoisotopic (exact) mass is 245 g/mol. The molecule has 2 rings (SSSR count). The smallest absolute Gasteiger partial charge is 0.214 e. The minimum absolute atomic E-state index is 0.197. The number of rotatable bonds is 4. The maximum Gasteiger partial charge on any atom is 0.214 e. The van der Waals surface area contributed by atoms with E-state index in [1.807, 2.05) is 0 Å². The Morgan fingerprint density at radius 2 is 2.25 bits per heavy atom. The molecule has 1 aromatic rings. The number of nitrogens with one attached hydrogen (secondary N) is 2. The molecule has 1 aliphatic rings. The second-order valence-electron chi connectivity index (χ2n) is 3.81. The molecule has 2 heterocycles. The number of nitrogens with zero attached hydrogens (tertiary/aromatic N) is 1. The molecule has 0 amide bonds. The van der Waals surface area contributed by atoms with Crippen molar-refractivity contribution >= 4 is 10.0 Å². The molecule has 0 atom stereocenters. The number of sulfonamides is 1. The predicted molar refractivity (Wildman–Crippen MR) is 58.2 cm³/mol. The van der Waals surface area contributed by atoms with Crippen LogP contribution in [-0.2, 0) is 16.6 Å². The van der Waals surface area contributed by atoms with Gasteiger partial charge >= 0.3 is 0 Å². The first kappa shape index (κ1) is 11.6. The first-order chi connectivity index (χ1) is 7.68. The fraction of sp³-hybridized carbons (Fsp3) is 0.667. The molecule has 1 aromatic heterocycles. The first-order valence-corrected chi connectivity index (χ1v) is 6.81. The fourth-order valence-electron chi connectivity index (χ4n) is 1.73. The molecule has 0 bridgehead atoms. The molecule has 0 radical (unpaired) electrons. The molecular weight excluding hydrogens is 230 g/mol. The van der Waals surface area contributed by atoms with E-state index in [0.717, 1.165) is 13.1 Å². The lowest BCUT2D eigenvalue weighted by atomic mass is 10.2. The molecule has 7 heteroatoms. The van der Waals surface area contributed by atoms with Crippen molar-refractivity contribution in [3.05, 3.63) is 18.0 Å². The van der Waals surface area contributed by atoms with Crippen LogP contribution >= 0.6 is 0 Å². The van der Waals surface area contributed by atoms with E-state index < -0.39 is 10.0 Å². The summed E-state index contributed by atoms with van der Waals surface area (Å²) in [6.07, 6.45) is 2.75. The van der Waals surface area contributed by atoms with E-state index >= 15 is 0 Å². The van der Waals surface area contributed by atoms with E-state index in [1.165, 1.54) is 6.26 Å². The molecular formula is C9H15N3O3S. The zero-order valence-electron chi connectivity index (χ0n) is 8.85. The van der Waals surface area contributed by atoms with E-state index in [2.05, 4.69) is 19.7 Å². The number of hydrogen-bond acceptors (Lipinski definition) is 5. The highest BCUT2D eigenvalue weighted by Gasteiger charge is 2.26. The van der Waals surface area contributed by atoms with Crippen molar-refractivity contribution in [2.45, 2.75) is 24.6 Å². The summed E-state index contributed by atoms with van der Waals surface area (Å²) in [5, 5.41) is 6.50. The molecule has 2 N–H and O–H groups in total. The van der Waals surface area contributed by atoms with Crippen LogP contribution in [0, 0.1) is 0 Å². The lowest BCUT2D eigenvalue weighted by Crippen LogP contribution is -2.41. The van der Waals surface area contributed by atoms with Crippen molar-refractivity contribution in [3.63, 3.8) is 0 Å². The van der Waals surface area contributed by atoms with E-state index in [-0.39, 0.29) is 11.8 Å². The average Bonchev–Trinajstić information content (AvgIpc) is 2.81. The summed E-state index contributed by atoms with van der Waals surface area (Å²) < 4.78 is 31.0. The number of hydrogen-bond donors (Lipinski definition) is 2. The van der Waals surface area contributed by atoms with Crippen LogP contribution in [0.25, 0.3) is 0 Å². The Morgan fingerprint density at radius 3 is 2.88 bits per heavy atom. The zero-order valence-corrected chi connectivity index (χ0v) is 9.66. The summed E-state index contributed by atoms with van der Waals surface area (Å²) in [4.78, 5) is 0. The first-order valence-electron chi connectivity index (χ1n) is 5.27. The maximum absolute atomic E-state index is 11.9. The van der Waals surface area contributed by atoms with Crippen LogP contribution in [0.1, 0.15) is 18.5 Å². The van der Waals surface area contributed by atoms with Gasteiger partial charge in [-0.2, -0.15) is 0 Å². The van der Waals surface area contributed by atoms with Crippen LogP contribution in [0.5, 0.6) is 0 Å². The van der Waals surface area contributed by atoms with Crippen LogP contribution in [0.15, 0.2) is 16.9 Å². The molecule has 0 saturated carbocycles. The van der Waals surface area contributed by atoms with Gasteiger partial charge in [0.25, 0.3) is 0 Å². The third kappa shape index (κ3) is 2.81. The molecule has 1 fully saturated rings. The van der Waals surface area contributed by atoms with Gasteiger partial charge in [0, 0.05) is 6.07 Å². The lowest BCUT2D eigenvalue weighted by Gasteiger charge is -2.22. The van der Waals surface area contributed by atoms with Crippen LogP contribution in [0.2, 0.25) is 0 Å². The standard InChI is InChI=1S/C9H15N3O3S/c13-16(14,9-1-4-10-5-2-9)11-7-8-3-6-15-12-8/h3,6,9-11H,1-2,4-5,7H2. The summed E-state index contributed by atoms with van der Waals surface area (Å²) >= 11 is 0. The Morgan fingerprint density at radius 1 is 1.50 bits per heavy atom. The molecule has 90 valence electrons. The van der Waals surface area contributed by atoms with Crippen molar-refractivity contribution < 1.29 is 12.9 Å². The molecule has 0 unspecified atom stereocenters. The SMILES string of the molecule is O=S(=O)(NCc1ccon1)C1CCNCC1. The van der Waals surface area contributed by atoms with Crippen LogP contribution in [-0.4, -0.2) is 31.9 Å². The van der Waals surface area contributed by atoms with Crippen molar-refractivity contribution in [1.29, 1.82) is 0 Å². The van der Waals surface area contributed by atoms with Gasteiger partial charge in [0.2, 0.25) is 10.0 Å². The Balaban J connectivity index is 1.91. The highest BCUT2D eigenvalue weighted by Crippen LogP contribution is 2.12. The van der Waals surface area contributed by atoms with Gasteiger partial charge in [-0.3, -0.25) is 0 Å². The van der Waals surface area contributed by atoms with E-state index in [4.69, 9.17) is 0 Å². The van der Waals surface area contributed by atoms with Crippen LogP contribution < -0.4 is 10.0 Å². The molecule has 6 nitrogen and oxygen atoms in total. The molecule has 0 aromatic carbocycles. The fourth-order valence-corrected chi connectivity index (χ4v) is 3.17. The van der Waals surface area contributed by atoms with E-state index in [0.29, 0.717) is 18.5 Å². The van der Waals surface area contributed by atoms with Crippen molar-refractivity contribution in [2.24, 2.45) is 0 Å². The number of aromatic nitrogens is 1. The van der Waals surface area contributed by atoms with Gasteiger partial charge in [0.05, 0.1) is 17.5 Å². The Bertz CT molecular complexity index is 409. The predicted octanol–water partition coefficient (Wildman–Crippen LogP) is -0.154. The molecule has 1 saturated heterocycles. The molecule has 1 aliphatic heterocycles. The van der Waals surface area contributed by atoms with Gasteiger partial charge in [-0.25, -0.2) is 13.1 Å². The van der Waals surface area contributed by atoms with Gasteiger partial charge in [-0.1, -0.05) is 5.16 Å². The topological polar surface area (TPSA) is 84.2 Å². The number of piperidine rings is 1. The lowest BCUT2D eigenvalue weighted by molar-refractivity contribution is 0.410. The van der Waals surface area contributed by atoms with Gasteiger partial charge < -0.3 is 9.84 Å². The Kier molecular flexibility index (Phi) is 3.57. The summed E-state index contributed by atoms with van der Waals surface area (Å²) in [6, 6.07) is 1.64. The zero-order chi connectivity index (χ0) is 11.4. The quantitative estimate of drug-likeness (QED) is 0.770.